The molecule has 1 N–H and O–H groups in total. The second kappa shape index (κ2) is 6.26. The van der Waals surface area contributed by atoms with Crippen LogP contribution < -0.4 is 10.1 Å². The first-order valence-electron chi connectivity index (χ1n) is 6.22. The van der Waals surface area contributed by atoms with E-state index in [4.69, 9.17) is 4.74 Å². The molecule has 2 heteroatoms. The average molecular weight is 229 g/mol. The van der Waals surface area contributed by atoms with Gasteiger partial charge < -0.3 is 10.1 Å². The summed E-state index contributed by atoms with van der Waals surface area (Å²) in [5, 5.41) is 5.77. The maximum absolute atomic E-state index is 5.72. The van der Waals surface area contributed by atoms with Gasteiger partial charge in [0.15, 0.2) is 0 Å². The van der Waals surface area contributed by atoms with Crippen molar-refractivity contribution in [2.45, 2.75) is 13.3 Å². The van der Waals surface area contributed by atoms with Crippen LogP contribution in [0.4, 0.5) is 0 Å². The first kappa shape index (κ1) is 11.9. The summed E-state index contributed by atoms with van der Waals surface area (Å²) >= 11 is 0. The molecule has 0 amide bonds. The zero-order chi connectivity index (χ0) is 11.9. The van der Waals surface area contributed by atoms with Crippen LogP contribution in [0, 0.1) is 0 Å². The molecule has 0 aromatic heterocycles. The molecule has 0 radical (unpaired) electrons. The quantitative estimate of drug-likeness (QED) is 0.768. The summed E-state index contributed by atoms with van der Waals surface area (Å²) in [6, 6.07) is 14.6. The zero-order valence-corrected chi connectivity index (χ0v) is 10.3. The Hall–Kier alpha value is -1.54. The van der Waals surface area contributed by atoms with Crippen molar-refractivity contribution in [3.63, 3.8) is 0 Å². The van der Waals surface area contributed by atoms with Gasteiger partial charge in [-0.05, 0) is 42.4 Å². The summed E-state index contributed by atoms with van der Waals surface area (Å²) < 4.78 is 5.72. The summed E-state index contributed by atoms with van der Waals surface area (Å²) in [6.45, 7) is 4.93. The number of rotatable bonds is 6. The maximum atomic E-state index is 5.72. The van der Waals surface area contributed by atoms with Crippen molar-refractivity contribution in [3.05, 3.63) is 42.5 Å². The Labute approximate surface area is 103 Å². The molecule has 0 aliphatic carbocycles. The number of nitrogens with one attached hydrogen (secondary N) is 1. The Morgan fingerprint density at radius 1 is 1.06 bits per heavy atom. The minimum atomic E-state index is 0.769. The zero-order valence-electron chi connectivity index (χ0n) is 10.3. The fourth-order valence-electron chi connectivity index (χ4n) is 1.82. The normalized spacial score (nSPS) is 10.6. The predicted molar refractivity (Wildman–Crippen MR) is 72.6 cm³/mol. The van der Waals surface area contributed by atoms with Gasteiger partial charge in [-0.25, -0.2) is 0 Å². The molecular weight excluding hydrogens is 210 g/mol. The van der Waals surface area contributed by atoms with Crippen molar-refractivity contribution >= 4 is 10.8 Å². The van der Waals surface area contributed by atoms with Crippen LogP contribution in [0.2, 0.25) is 0 Å². The van der Waals surface area contributed by atoms with E-state index in [1.807, 2.05) is 6.07 Å². The number of ether oxygens (including phenoxy) is 1. The molecule has 0 saturated carbocycles. The molecule has 0 atom stereocenters. The van der Waals surface area contributed by atoms with Crippen molar-refractivity contribution in [1.82, 2.24) is 5.32 Å². The third kappa shape index (κ3) is 3.46. The van der Waals surface area contributed by atoms with E-state index in [2.05, 4.69) is 48.6 Å². The summed E-state index contributed by atoms with van der Waals surface area (Å²) in [6.07, 6.45) is 1.04. The second-order valence-corrected chi connectivity index (χ2v) is 4.06. The van der Waals surface area contributed by atoms with Gasteiger partial charge in [0.25, 0.3) is 0 Å². The third-order valence-corrected chi connectivity index (χ3v) is 2.74. The van der Waals surface area contributed by atoms with Crippen LogP contribution in [0.25, 0.3) is 10.8 Å². The lowest BCUT2D eigenvalue weighted by atomic mass is 10.1. The van der Waals surface area contributed by atoms with Crippen molar-refractivity contribution in [3.8, 4) is 5.75 Å². The minimum Gasteiger partial charge on any atom is -0.494 e. The van der Waals surface area contributed by atoms with E-state index in [1.54, 1.807) is 0 Å². The molecule has 0 aliphatic rings. The van der Waals surface area contributed by atoms with Crippen LogP contribution >= 0.6 is 0 Å². The topological polar surface area (TPSA) is 21.3 Å². The SMILES string of the molecule is CCNCCCOc1ccc2ccccc2c1. The van der Waals surface area contributed by atoms with E-state index in [0.29, 0.717) is 0 Å². The van der Waals surface area contributed by atoms with Gasteiger partial charge in [0.2, 0.25) is 0 Å². The summed E-state index contributed by atoms with van der Waals surface area (Å²) in [5.41, 5.74) is 0. The highest BCUT2D eigenvalue weighted by atomic mass is 16.5. The lowest BCUT2D eigenvalue weighted by molar-refractivity contribution is 0.309. The number of hydrogen-bond acceptors (Lipinski definition) is 2. The smallest absolute Gasteiger partial charge is 0.119 e. The standard InChI is InChI=1S/C15H19NO/c1-2-16-10-5-11-17-15-9-8-13-6-3-4-7-14(13)12-15/h3-4,6-9,12,16H,2,5,10-11H2,1H3. The molecule has 0 aliphatic heterocycles. The van der Waals surface area contributed by atoms with Crippen molar-refractivity contribution in [1.29, 1.82) is 0 Å². The Morgan fingerprint density at radius 2 is 1.88 bits per heavy atom. The van der Waals surface area contributed by atoms with Crippen molar-refractivity contribution < 1.29 is 4.74 Å². The van der Waals surface area contributed by atoms with Gasteiger partial charge >= 0.3 is 0 Å². The molecule has 2 nitrogen and oxygen atoms in total. The van der Waals surface area contributed by atoms with Gasteiger partial charge in [-0.1, -0.05) is 37.3 Å². The van der Waals surface area contributed by atoms with Gasteiger partial charge in [0.05, 0.1) is 6.61 Å². The van der Waals surface area contributed by atoms with E-state index in [1.165, 1.54) is 10.8 Å². The Bertz CT molecular complexity index is 467. The molecular formula is C15H19NO. The Kier molecular flexibility index (Phi) is 4.39. The Balaban J connectivity index is 1.90. The van der Waals surface area contributed by atoms with E-state index in [-0.39, 0.29) is 0 Å². The van der Waals surface area contributed by atoms with Gasteiger partial charge in [-0.2, -0.15) is 0 Å². The molecule has 0 heterocycles. The van der Waals surface area contributed by atoms with Crippen LogP contribution in [0.15, 0.2) is 42.5 Å². The van der Waals surface area contributed by atoms with E-state index in [0.717, 1.165) is 31.9 Å². The fourth-order valence-corrected chi connectivity index (χ4v) is 1.82. The Morgan fingerprint density at radius 3 is 2.71 bits per heavy atom. The second-order valence-electron chi connectivity index (χ2n) is 4.06. The number of benzene rings is 2. The molecule has 2 aromatic carbocycles. The van der Waals surface area contributed by atoms with Crippen LogP contribution in [-0.4, -0.2) is 19.7 Å². The number of hydrogen-bond donors (Lipinski definition) is 1. The molecule has 90 valence electrons. The lowest BCUT2D eigenvalue weighted by Crippen LogP contribution is -2.16. The van der Waals surface area contributed by atoms with Crippen LogP contribution in [-0.2, 0) is 0 Å². The summed E-state index contributed by atoms with van der Waals surface area (Å²) in [7, 11) is 0. The molecule has 0 spiro atoms. The number of fused-ring (bicyclic) bond motifs is 1. The lowest BCUT2D eigenvalue weighted by Gasteiger charge is -2.07. The maximum Gasteiger partial charge on any atom is 0.119 e. The summed E-state index contributed by atoms with van der Waals surface area (Å²) in [4.78, 5) is 0. The first-order chi connectivity index (χ1) is 8.40. The van der Waals surface area contributed by atoms with Gasteiger partial charge in [-0.15, -0.1) is 0 Å². The van der Waals surface area contributed by atoms with Crippen LogP contribution in [0.3, 0.4) is 0 Å². The van der Waals surface area contributed by atoms with Crippen molar-refractivity contribution in [2.75, 3.05) is 19.7 Å². The van der Waals surface area contributed by atoms with Gasteiger partial charge in [0.1, 0.15) is 5.75 Å². The molecule has 0 fully saturated rings. The van der Waals surface area contributed by atoms with Gasteiger partial charge in [0, 0.05) is 0 Å². The van der Waals surface area contributed by atoms with Gasteiger partial charge in [-0.3, -0.25) is 0 Å². The average Bonchev–Trinajstić information content (AvgIpc) is 2.38. The molecule has 0 saturated heterocycles. The first-order valence-corrected chi connectivity index (χ1v) is 6.22. The third-order valence-electron chi connectivity index (χ3n) is 2.74. The largest absolute Gasteiger partial charge is 0.494 e. The minimum absolute atomic E-state index is 0.769. The molecule has 0 unspecified atom stereocenters. The van der Waals surface area contributed by atoms with E-state index >= 15 is 0 Å². The summed E-state index contributed by atoms with van der Waals surface area (Å²) in [5.74, 6) is 0.959. The highest BCUT2D eigenvalue weighted by Gasteiger charge is 1.96. The van der Waals surface area contributed by atoms with E-state index in [9.17, 15) is 0 Å². The van der Waals surface area contributed by atoms with Crippen molar-refractivity contribution in [2.24, 2.45) is 0 Å². The molecule has 2 rings (SSSR count). The fraction of sp³-hybridized carbons (Fsp3) is 0.333. The van der Waals surface area contributed by atoms with Crippen LogP contribution in [0.5, 0.6) is 5.75 Å². The van der Waals surface area contributed by atoms with E-state index < -0.39 is 0 Å². The monoisotopic (exact) mass is 229 g/mol. The molecule has 2 aromatic rings. The highest BCUT2D eigenvalue weighted by molar-refractivity contribution is 5.83. The highest BCUT2D eigenvalue weighted by Crippen LogP contribution is 2.20. The molecule has 0 bridgehead atoms. The molecule has 17 heavy (non-hydrogen) atoms. The predicted octanol–water partition coefficient (Wildman–Crippen LogP) is 3.22. The van der Waals surface area contributed by atoms with Crippen LogP contribution in [0.1, 0.15) is 13.3 Å².